The third-order valence-electron chi connectivity index (χ3n) is 4.42. The number of hydrogen-bond donors (Lipinski definition) is 1. The van der Waals surface area contributed by atoms with Crippen LogP contribution in [0, 0.1) is 5.92 Å². The Hall–Kier alpha value is -2.04. The molecule has 2 atom stereocenters. The lowest BCUT2D eigenvalue weighted by Crippen LogP contribution is -2.44. The van der Waals surface area contributed by atoms with Gasteiger partial charge in [-0.3, -0.25) is 4.79 Å². The zero-order valence-electron chi connectivity index (χ0n) is 14.0. The van der Waals surface area contributed by atoms with Crippen molar-refractivity contribution in [2.75, 3.05) is 18.4 Å². The molecule has 2 aliphatic heterocycles. The fraction of sp³-hybridized carbons (Fsp3) is 0.556. The van der Waals surface area contributed by atoms with E-state index in [-0.39, 0.29) is 23.8 Å². The smallest absolute Gasteiger partial charge is 0.410 e. The number of carbonyl (C=O) groups excluding carboxylic acids is 2. The molecule has 23 heavy (non-hydrogen) atoms. The molecule has 0 unspecified atom stereocenters. The number of para-hydroxylation sites is 1. The summed E-state index contributed by atoms with van der Waals surface area (Å²) in [5.74, 6) is 0.0126. The highest BCUT2D eigenvalue weighted by molar-refractivity contribution is 6.03. The molecule has 2 amide bonds. The normalized spacial score (nSPS) is 24.1. The average molecular weight is 316 g/mol. The Labute approximate surface area is 137 Å². The number of benzene rings is 1. The largest absolute Gasteiger partial charge is 0.444 e. The number of piperidine rings is 1. The maximum Gasteiger partial charge on any atom is 0.410 e. The van der Waals surface area contributed by atoms with Crippen molar-refractivity contribution in [1.29, 1.82) is 0 Å². The fourth-order valence-corrected chi connectivity index (χ4v) is 3.48. The van der Waals surface area contributed by atoms with Crippen LogP contribution in [-0.4, -0.2) is 35.6 Å². The maximum absolute atomic E-state index is 12.4. The van der Waals surface area contributed by atoms with Crippen molar-refractivity contribution >= 4 is 17.7 Å². The van der Waals surface area contributed by atoms with E-state index in [2.05, 4.69) is 5.32 Å². The Bertz CT molecular complexity index is 621. The van der Waals surface area contributed by atoms with E-state index in [1.807, 2.05) is 45.0 Å². The monoisotopic (exact) mass is 316 g/mol. The number of rotatable bonds is 1. The van der Waals surface area contributed by atoms with Crippen molar-refractivity contribution in [2.24, 2.45) is 5.92 Å². The molecule has 124 valence electrons. The standard InChI is InChI=1S/C18H24N2O3/c1-18(2,3)23-17(22)20-10-6-7-12(11-20)15-13-8-4-5-9-14(13)19-16(15)21/h4-5,8-9,12,15H,6-7,10-11H2,1-3H3,(H,19,21)/t12-,15-/m1/s1. The van der Waals surface area contributed by atoms with E-state index in [1.54, 1.807) is 4.90 Å². The molecule has 0 aromatic heterocycles. The molecular formula is C18H24N2O3. The zero-order valence-corrected chi connectivity index (χ0v) is 14.0. The van der Waals surface area contributed by atoms with Gasteiger partial charge in [0, 0.05) is 18.8 Å². The van der Waals surface area contributed by atoms with Gasteiger partial charge in [0.25, 0.3) is 0 Å². The van der Waals surface area contributed by atoms with Gasteiger partial charge in [0.2, 0.25) is 5.91 Å². The first kappa shape index (κ1) is 15.8. The number of ether oxygens (including phenoxy) is 1. The third-order valence-corrected chi connectivity index (χ3v) is 4.42. The molecule has 2 aliphatic rings. The van der Waals surface area contributed by atoms with Gasteiger partial charge in [0.15, 0.2) is 0 Å². The average Bonchev–Trinajstić information content (AvgIpc) is 2.81. The van der Waals surface area contributed by atoms with Gasteiger partial charge in [0.1, 0.15) is 5.60 Å². The summed E-state index contributed by atoms with van der Waals surface area (Å²) in [6.07, 6.45) is 1.57. The van der Waals surface area contributed by atoms with E-state index in [4.69, 9.17) is 4.74 Å². The summed E-state index contributed by atoms with van der Waals surface area (Å²) in [5.41, 5.74) is 1.45. The van der Waals surface area contributed by atoms with Crippen molar-refractivity contribution in [3.05, 3.63) is 29.8 Å². The van der Waals surface area contributed by atoms with Crippen LogP contribution in [0.15, 0.2) is 24.3 Å². The SMILES string of the molecule is CC(C)(C)OC(=O)N1CCC[C@@H]([C@H]2C(=O)Nc3ccccc32)C1. The number of hydrogen-bond acceptors (Lipinski definition) is 3. The molecule has 3 rings (SSSR count). The van der Waals surface area contributed by atoms with Crippen LogP contribution in [0.5, 0.6) is 0 Å². The number of carbonyl (C=O) groups is 2. The number of amides is 2. The first-order valence-corrected chi connectivity index (χ1v) is 8.23. The molecule has 2 heterocycles. The Morgan fingerprint density at radius 2 is 2.04 bits per heavy atom. The molecule has 0 aliphatic carbocycles. The van der Waals surface area contributed by atoms with Crippen LogP contribution in [0.3, 0.4) is 0 Å². The van der Waals surface area contributed by atoms with Crippen molar-refractivity contribution in [3.8, 4) is 0 Å². The Balaban J connectivity index is 1.74. The summed E-state index contributed by atoms with van der Waals surface area (Å²) in [5, 5.41) is 2.95. The number of nitrogens with zero attached hydrogens (tertiary/aromatic N) is 1. The molecule has 0 spiro atoms. The summed E-state index contributed by atoms with van der Waals surface area (Å²) >= 11 is 0. The molecule has 1 N–H and O–H groups in total. The lowest BCUT2D eigenvalue weighted by molar-refractivity contribution is -0.118. The number of anilines is 1. The van der Waals surface area contributed by atoms with Gasteiger partial charge in [-0.15, -0.1) is 0 Å². The summed E-state index contributed by atoms with van der Waals surface area (Å²) in [6, 6.07) is 7.82. The van der Waals surface area contributed by atoms with Crippen LogP contribution in [-0.2, 0) is 9.53 Å². The van der Waals surface area contributed by atoms with Gasteiger partial charge < -0.3 is 15.0 Å². The molecule has 1 saturated heterocycles. The highest BCUT2D eigenvalue weighted by Crippen LogP contribution is 2.40. The number of fused-ring (bicyclic) bond motifs is 1. The van der Waals surface area contributed by atoms with E-state index in [1.165, 1.54) is 0 Å². The van der Waals surface area contributed by atoms with Gasteiger partial charge in [-0.25, -0.2) is 4.79 Å². The second kappa shape index (κ2) is 5.87. The van der Waals surface area contributed by atoms with Crippen LogP contribution < -0.4 is 5.32 Å². The van der Waals surface area contributed by atoms with Gasteiger partial charge in [-0.1, -0.05) is 18.2 Å². The quantitative estimate of drug-likeness (QED) is 0.864. The van der Waals surface area contributed by atoms with E-state index >= 15 is 0 Å². The van der Waals surface area contributed by atoms with E-state index < -0.39 is 5.60 Å². The highest BCUT2D eigenvalue weighted by atomic mass is 16.6. The summed E-state index contributed by atoms with van der Waals surface area (Å²) < 4.78 is 5.47. The van der Waals surface area contributed by atoms with Crippen LogP contribution in [0.2, 0.25) is 0 Å². The zero-order chi connectivity index (χ0) is 16.6. The minimum atomic E-state index is -0.499. The summed E-state index contributed by atoms with van der Waals surface area (Å²) in [6.45, 7) is 6.87. The summed E-state index contributed by atoms with van der Waals surface area (Å²) in [4.78, 5) is 26.4. The van der Waals surface area contributed by atoms with Gasteiger partial charge >= 0.3 is 6.09 Å². The van der Waals surface area contributed by atoms with Crippen LogP contribution in [0.1, 0.15) is 45.1 Å². The molecule has 0 bridgehead atoms. The Morgan fingerprint density at radius 3 is 2.78 bits per heavy atom. The number of nitrogens with one attached hydrogen (secondary N) is 1. The topological polar surface area (TPSA) is 58.6 Å². The van der Waals surface area contributed by atoms with Crippen molar-refractivity contribution in [3.63, 3.8) is 0 Å². The van der Waals surface area contributed by atoms with Gasteiger partial charge in [-0.05, 0) is 51.2 Å². The molecule has 1 aromatic carbocycles. The minimum absolute atomic E-state index is 0.0437. The van der Waals surface area contributed by atoms with E-state index in [0.717, 1.165) is 24.1 Å². The van der Waals surface area contributed by atoms with Crippen molar-refractivity contribution in [1.82, 2.24) is 4.90 Å². The predicted molar refractivity (Wildman–Crippen MR) is 88.3 cm³/mol. The van der Waals surface area contributed by atoms with Crippen LogP contribution in [0.25, 0.3) is 0 Å². The first-order chi connectivity index (χ1) is 10.8. The molecule has 0 saturated carbocycles. The van der Waals surface area contributed by atoms with Gasteiger partial charge in [0.05, 0.1) is 5.92 Å². The lowest BCUT2D eigenvalue weighted by atomic mass is 9.82. The molecule has 0 radical (unpaired) electrons. The van der Waals surface area contributed by atoms with Crippen LogP contribution in [0.4, 0.5) is 10.5 Å². The fourth-order valence-electron chi connectivity index (χ4n) is 3.48. The van der Waals surface area contributed by atoms with Gasteiger partial charge in [-0.2, -0.15) is 0 Å². The highest BCUT2D eigenvalue weighted by Gasteiger charge is 2.39. The third kappa shape index (κ3) is 3.33. The second-order valence-electron chi connectivity index (χ2n) is 7.38. The van der Waals surface area contributed by atoms with Crippen LogP contribution >= 0.6 is 0 Å². The lowest BCUT2D eigenvalue weighted by Gasteiger charge is -2.36. The van der Waals surface area contributed by atoms with Crippen molar-refractivity contribution in [2.45, 2.75) is 45.1 Å². The molecule has 1 fully saturated rings. The summed E-state index contributed by atoms with van der Waals surface area (Å²) in [7, 11) is 0. The van der Waals surface area contributed by atoms with E-state index in [0.29, 0.717) is 13.1 Å². The second-order valence-corrected chi connectivity index (χ2v) is 7.38. The Morgan fingerprint density at radius 1 is 1.30 bits per heavy atom. The van der Waals surface area contributed by atoms with E-state index in [9.17, 15) is 9.59 Å². The maximum atomic E-state index is 12.4. The molecule has 5 nitrogen and oxygen atoms in total. The van der Waals surface area contributed by atoms with Crippen molar-refractivity contribution < 1.29 is 14.3 Å². The molecular weight excluding hydrogens is 292 g/mol. The first-order valence-electron chi connectivity index (χ1n) is 8.23. The molecule has 5 heteroatoms. The number of likely N-dealkylation sites (tertiary alicyclic amines) is 1. The minimum Gasteiger partial charge on any atom is -0.444 e. The predicted octanol–water partition coefficient (Wildman–Crippen LogP) is 3.37. The molecule has 1 aromatic rings. The Kier molecular flexibility index (Phi) is 4.04.